The van der Waals surface area contributed by atoms with Gasteiger partial charge in [-0.3, -0.25) is 4.68 Å². The first-order valence-electron chi connectivity index (χ1n) is 6.86. The van der Waals surface area contributed by atoms with Crippen LogP contribution in [0, 0.1) is 12.8 Å². The van der Waals surface area contributed by atoms with Gasteiger partial charge in [0.25, 0.3) is 0 Å². The van der Waals surface area contributed by atoms with Crippen molar-refractivity contribution in [2.45, 2.75) is 63.7 Å². The van der Waals surface area contributed by atoms with E-state index in [0.717, 1.165) is 23.0 Å². The van der Waals surface area contributed by atoms with Crippen molar-refractivity contribution in [3.8, 4) is 0 Å². The molecule has 1 aliphatic carbocycles. The van der Waals surface area contributed by atoms with Crippen LogP contribution >= 0.6 is 15.9 Å². The van der Waals surface area contributed by atoms with E-state index in [4.69, 9.17) is 0 Å². The highest BCUT2D eigenvalue weighted by Gasteiger charge is 2.20. The van der Waals surface area contributed by atoms with E-state index in [1.807, 2.05) is 0 Å². The number of halogens is 1. The zero-order chi connectivity index (χ0) is 12.3. The quantitative estimate of drug-likeness (QED) is 0.607. The molecular weight excluding hydrogens is 276 g/mol. The molecule has 3 heteroatoms. The minimum Gasteiger partial charge on any atom is -0.270 e. The fourth-order valence-electron chi connectivity index (χ4n) is 2.91. The maximum absolute atomic E-state index is 4.54. The summed E-state index contributed by atoms with van der Waals surface area (Å²) in [6.07, 6.45) is 8.05. The third kappa shape index (κ3) is 3.57. The van der Waals surface area contributed by atoms with Gasteiger partial charge in [-0.25, -0.2) is 0 Å². The predicted molar refractivity (Wildman–Crippen MR) is 75.6 cm³/mol. The molecular formula is C14H23BrN2. The first-order chi connectivity index (χ1) is 8.19. The predicted octanol–water partition coefficient (Wildman–Crippen LogP) is 4.10. The van der Waals surface area contributed by atoms with Crippen LogP contribution in [0.25, 0.3) is 0 Å². The number of nitrogens with zero attached hydrogens (tertiary/aromatic N) is 2. The van der Waals surface area contributed by atoms with Crippen LogP contribution in [-0.2, 0) is 13.0 Å². The molecule has 0 amide bonds. The van der Waals surface area contributed by atoms with E-state index >= 15 is 0 Å². The molecule has 1 aromatic rings. The molecule has 2 unspecified atom stereocenters. The van der Waals surface area contributed by atoms with E-state index in [2.05, 4.69) is 45.6 Å². The average molecular weight is 299 g/mol. The smallest absolute Gasteiger partial charge is 0.0596 e. The molecule has 2 rings (SSSR count). The number of alkyl halides is 1. The van der Waals surface area contributed by atoms with E-state index in [-0.39, 0.29) is 0 Å². The molecule has 0 bridgehead atoms. The maximum Gasteiger partial charge on any atom is 0.0596 e. The molecule has 1 heterocycles. The number of aromatic nitrogens is 2. The van der Waals surface area contributed by atoms with E-state index in [9.17, 15) is 0 Å². The lowest BCUT2D eigenvalue weighted by Gasteiger charge is -2.16. The normalized spacial score (nSPS) is 25.8. The van der Waals surface area contributed by atoms with Gasteiger partial charge in [0.15, 0.2) is 0 Å². The topological polar surface area (TPSA) is 17.8 Å². The molecule has 0 radical (unpaired) electrons. The average Bonchev–Trinajstić information content (AvgIpc) is 2.50. The number of hydrogen-bond donors (Lipinski definition) is 0. The summed E-state index contributed by atoms with van der Waals surface area (Å²) >= 11 is 3.81. The van der Waals surface area contributed by atoms with Gasteiger partial charge >= 0.3 is 0 Å². The van der Waals surface area contributed by atoms with Crippen molar-refractivity contribution in [3.63, 3.8) is 0 Å². The summed E-state index contributed by atoms with van der Waals surface area (Å²) in [5, 5.41) is 4.54. The zero-order valence-corrected chi connectivity index (χ0v) is 12.5. The van der Waals surface area contributed by atoms with Gasteiger partial charge in [0, 0.05) is 17.1 Å². The molecule has 0 N–H and O–H groups in total. The summed E-state index contributed by atoms with van der Waals surface area (Å²) in [6, 6.07) is 2.26. The van der Waals surface area contributed by atoms with Crippen molar-refractivity contribution < 1.29 is 0 Å². The highest BCUT2D eigenvalue weighted by atomic mass is 79.9. The summed E-state index contributed by atoms with van der Waals surface area (Å²) in [7, 11) is 0. The van der Waals surface area contributed by atoms with E-state index in [1.165, 1.54) is 44.2 Å². The van der Waals surface area contributed by atoms with E-state index < -0.39 is 0 Å². The van der Waals surface area contributed by atoms with Gasteiger partial charge in [-0.05, 0) is 45.1 Å². The van der Waals surface area contributed by atoms with Gasteiger partial charge in [0.05, 0.1) is 5.69 Å². The molecule has 0 saturated heterocycles. The Balaban J connectivity index is 2.03. The lowest BCUT2D eigenvalue weighted by atomic mass is 9.95. The second-order valence-corrected chi connectivity index (χ2v) is 6.58. The lowest BCUT2D eigenvalue weighted by Crippen LogP contribution is -2.12. The van der Waals surface area contributed by atoms with Gasteiger partial charge in [-0.1, -0.05) is 35.2 Å². The molecule has 0 aromatic carbocycles. The van der Waals surface area contributed by atoms with Crippen LogP contribution in [-0.4, -0.2) is 14.6 Å². The summed E-state index contributed by atoms with van der Waals surface area (Å²) in [4.78, 5) is 0.731. The fourth-order valence-corrected chi connectivity index (χ4v) is 3.77. The van der Waals surface area contributed by atoms with Crippen molar-refractivity contribution >= 4 is 15.9 Å². The van der Waals surface area contributed by atoms with Gasteiger partial charge in [-0.2, -0.15) is 5.10 Å². The minimum atomic E-state index is 0.731. The SMILES string of the molecule is CCn1nc(C)cc1CC1CCCCC(Br)C1. The van der Waals surface area contributed by atoms with Gasteiger partial charge < -0.3 is 0 Å². The van der Waals surface area contributed by atoms with Crippen LogP contribution in [0.3, 0.4) is 0 Å². The molecule has 2 nitrogen and oxygen atoms in total. The molecule has 1 saturated carbocycles. The Morgan fingerprint density at radius 2 is 2.18 bits per heavy atom. The van der Waals surface area contributed by atoms with Crippen molar-refractivity contribution in [2.75, 3.05) is 0 Å². The summed E-state index contributed by atoms with van der Waals surface area (Å²) in [6.45, 7) is 5.26. The second kappa shape index (κ2) is 6.03. The van der Waals surface area contributed by atoms with Crippen LogP contribution in [0.4, 0.5) is 0 Å². The summed E-state index contributed by atoms with van der Waals surface area (Å²) in [5.41, 5.74) is 2.59. The van der Waals surface area contributed by atoms with Crippen molar-refractivity contribution in [2.24, 2.45) is 5.92 Å². The standard InChI is InChI=1S/C14H23BrN2/c1-3-17-14(8-11(2)16-17)10-12-6-4-5-7-13(15)9-12/h8,12-13H,3-7,9-10H2,1-2H3. The number of hydrogen-bond acceptors (Lipinski definition) is 1. The Morgan fingerprint density at radius 1 is 1.41 bits per heavy atom. The van der Waals surface area contributed by atoms with Crippen LogP contribution in [0.2, 0.25) is 0 Å². The Kier molecular flexibility index (Phi) is 4.66. The maximum atomic E-state index is 4.54. The molecule has 96 valence electrons. The van der Waals surface area contributed by atoms with Crippen LogP contribution in [0.1, 0.15) is 50.4 Å². The Morgan fingerprint density at radius 3 is 2.94 bits per heavy atom. The number of aryl methyl sites for hydroxylation is 2. The van der Waals surface area contributed by atoms with Crippen LogP contribution < -0.4 is 0 Å². The summed E-state index contributed by atoms with van der Waals surface area (Å²) < 4.78 is 2.17. The molecule has 1 fully saturated rings. The molecule has 2 atom stereocenters. The highest BCUT2D eigenvalue weighted by molar-refractivity contribution is 9.09. The third-order valence-electron chi connectivity index (χ3n) is 3.75. The van der Waals surface area contributed by atoms with Crippen molar-refractivity contribution in [1.29, 1.82) is 0 Å². The van der Waals surface area contributed by atoms with Crippen LogP contribution in [0.15, 0.2) is 6.07 Å². The number of rotatable bonds is 3. The zero-order valence-electron chi connectivity index (χ0n) is 11.0. The van der Waals surface area contributed by atoms with E-state index in [0.29, 0.717) is 0 Å². The van der Waals surface area contributed by atoms with Gasteiger partial charge in [0.2, 0.25) is 0 Å². The Hall–Kier alpha value is -0.310. The summed E-state index contributed by atoms with van der Waals surface area (Å²) in [5.74, 6) is 0.836. The third-order valence-corrected chi connectivity index (χ3v) is 4.58. The molecule has 1 aliphatic rings. The molecule has 1 aromatic heterocycles. The Labute approximate surface area is 113 Å². The Bertz CT molecular complexity index is 359. The van der Waals surface area contributed by atoms with E-state index in [1.54, 1.807) is 0 Å². The highest BCUT2D eigenvalue weighted by Crippen LogP contribution is 2.30. The van der Waals surface area contributed by atoms with Gasteiger partial charge in [-0.15, -0.1) is 0 Å². The fraction of sp³-hybridized carbons (Fsp3) is 0.786. The first kappa shape index (κ1) is 13.1. The van der Waals surface area contributed by atoms with Crippen molar-refractivity contribution in [3.05, 3.63) is 17.5 Å². The van der Waals surface area contributed by atoms with Crippen LogP contribution in [0.5, 0.6) is 0 Å². The second-order valence-electron chi connectivity index (χ2n) is 5.28. The monoisotopic (exact) mass is 298 g/mol. The molecule has 0 aliphatic heterocycles. The first-order valence-corrected chi connectivity index (χ1v) is 7.78. The van der Waals surface area contributed by atoms with Gasteiger partial charge in [0.1, 0.15) is 0 Å². The molecule has 17 heavy (non-hydrogen) atoms. The van der Waals surface area contributed by atoms with Crippen molar-refractivity contribution in [1.82, 2.24) is 9.78 Å². The lowest BCUT2D eigenvalue weighted by molar-refractivity contribution is 0.444. The minimum absolute atomic E-state index is 0.731. The largest absolute Gasteiger partial charge is 0.270 e. The molecule has 0 spiro atoms.